The van der Waals surface area contributed by atoms with E-state index in [2.05, 4.69) is 0 Å². The molecule has 1 heterocycles. The van der Waals surface area contributed by atoms with Gasteiger partial charge in [0.2, 0.25) is 0 Å². The first-order valence-corrected chi connectivity index (χ1v) is 3.76. The highest BCUT2D eigenvalue weighted by molar-refractivity contribution is 5.89. The van der Waals surface area contributed by atoms with Gasteiger partial charge >= 0.3 is 0 Å². The summed E-state index contributed by atoms with van der Waals surface area (Å²) in [4.78, 5) is 10.5. The summed E-state index contributed by atoms with van der Waals surface area (Å²) in [5.74, 6) is 0.427. The Morgan fingerprint density at radius 3 is 2.75 bits per heavy atom. The van der Waals surface area contributed by atoms with Crippen LogP contribution < -0.4 is 0 Å². The topological polar surface area (TPSA) is 30.2 Å². The standard InChI is InChI=1S/C10H8O2/c1-7-8-4-2-3-5-9(8)12-10(7)6-11/h2-6H,1H3. The molecule has 0 fully saturated rings. The van der Waals surface area contributed by atoms with E-state index in [0.717, 1.165) is 22.8 Å². The van der Waals surface area contributed by atoms with Gasteiger partial charge in [0.15, 0.2) is 12.0 Å². The van der Waals surface area contributed by atoms with E-state index in [4.69, 9.17) is 4.42 Å². The second-order valence-corrected chi connectivity index (χ2v) is 2.71. The molecule has 0 aliphatic carbocycles. The molecule has 0 saturated heterocycles. The van der Waals surface area contributed by atoms with Gasteiger partial charge in [0.05, 0.1) is 0 Å². The highest BCUT2D eigenvalue weighted by Crippen LogP contribution is 2.23. The molecule has 2 rings (SSSR count). The fourth-order valence-corrected chi connectivity index (χ4v) is 1.31. The number of carbonyl (C=O) groups excluding carboxylic acids is 1. The third-order valence-electron chi connectivity index (χ3n) is 1.99. The molecule has 0 atom stereocenters. The Morgan fingerprint density at radius 1 is 1.33 bits per heavy atom. The average Bonchev–Trinajstić information content (AvgIpc) is 2.44. The van der Waals surface area contributed by atoms with Gasteiger partial charge in [-0.05, 0) is 13.0 Å². The molecule has 1 aromatic heterocycles. The predicted molar refractivity (Wildman–Crippen MR) is 46.3 cm³/mol. The van der Waals surface area contributed by atoms with Crippen molar-refractivity contribution in [3.05, 3.63) is 35.6 Å². The van der Waals surface area contributed by atoms with Crippen LogP contribution in [-0.4, -0.2) is 6.29 Å². The van der Waals surface area contributed by atoms with Gasteiger partial charge in [-0.2, -0.15) is 0 Å². The predicted octanol–water partition coefficient (Wildman–Crippen LogP) is 2.55. The molecule has 12 heavy (non-hydrogen) atoms. The lowest BCUT2D eigenvalue weighted by Crippen LogP contribution is -1.76. The van der Waals surface area contributed by atoms with Gasteiger partial charge in [-0.25, -0.2) is 0 Å². The van der Waals surface area contributed by atoms with Crippen LogP contribution in [0.2, 0.25) is 0 Å². The lowest BCUT2D eigenvalue weighted by molar-refractivity contribution is 0.110. The monoisotopic (exact) mass is 160 g/mol. The van der Waals surface area contributed by atoms with Crippen molar-refractivity contribution in [2.75, 3.05) is 0 Å². The molecular weight excluding hydrogens is 152 g/mol. The number of furan rings is 1. The molecule has 0 amide bonds. The molecule has 0 unspecified atom stereocenters. The zero-order valence-electron chi connectivity index (χ0n) is 6.70. The Bertz CT molecular complexity index is 426. The second-order valence-electron chi connectivity index (χ2n) is 2.71. The van der Waals surface area contributed by atoms with Gasteiger partial charge in [0.1, 0.15) is 5.58 Å². The van der Waals surface area contributed by atoms with Crippen molar-refractivity contribution in [2.45, 2.75) is 6.92 Å². The molecule has 2 heteroatoms. The van der Waals surface area contributed by atoms with Crippen LogP contribution in [0.4, 0.5) is 0 Å². The quantitative estimate of drug-likeness (QED) is 0.600. The first-order valence-electron chi connectivity index (χ1n) is 3.76. The van der Waals surface area contributed by atoms with Crippen LogP contribution in [0.3, 0.4) is 0 Å². The van der Waals surface area contributed by atoms with E-state index in [1.807, 2.05) is 31.2 Å². The van der Waals surface area contributed by atoms with Crippen LogP contribution in [0.1, 0.15) is 16.1 Å². The van der Waals surface area contributed by atoms with E-state index in [1.54, 1.807) is 0 Å². The number of hydrogen-bond acceptors (Lipinski definition) is 2. The highest BCUT2D eigenvalue weighted by Gasteiger charge is 2.07. The van der Waals surface area contributed by atoms with E-state index in [0.29, 0.717) is 5.76 Å². The molecule has 0 aliphatic heterocycles. The van der Waals surface area contributed by atoms with E-state index in [1.165, 1.54) is 0 Å². The molecule has 60 valence electrons. The lowest BCUT2D eigenvalue weighted by atomic mass is 10.2. The molecule has 0 aliphatic rings. The van der Waals surface area contributed by atoms with Crippen molar-refractivity contribution in [1.29, 1.82) is 0 Å². The van der Waals surface area contributed by atoms with Crippen LogP contribution in [-0.2, 0) is 0 Å². The van der Waals surface area contributed by atoms with Gasteiger partial charge < -0.3 is 4.42 Å². The molecule has 0 saturated carbocycles. The minimum absolute atomic E-state index is 0.427. The van der Waals surface area contributed by atoms with Crippen molar-refractivity contribution in [1.82, 2.24) is 0 Å². The van der Waals surface area contributed by atoms with E-state index >= 15 is 0 Å². The number of hydrogen-bond donors (Lipinski definition) is 0. The number of carbonyl (C=O) groups is 1. The van der Waals surface area contributed by atoms with Crippen molar-refractivity contribution >= 4 is 17.3 Å². The first kappa shape index (κ1) is 7.10. The maximum absolute atomic E-state index is 10.5. The zero-order valence-corrected chi connectivity index (χ0v) is 6.70. The van der Waals surface area contributed by atoms with E-state index in [9.17, 15) is 4.79 Å². The number of para-hydroxylation sites is 1. The Balaban J connectivity index is 2.87. The summed E-state index contributed by atoms with van der Waals surface area (Å²) in [5.41, 5.74) is 1.69. The van der Waals surface area contributed by atoms with Crippen LogP contribution in [0.25, 0.3) is 11.0 Å². The first-order chi connectivity index (χ1) is 5.83. The number of benzene rings is 1. The summed E-state index contributed by atoms with van der Waals surface area (Å²) in [7, 11) is 0. The van der Waals surface area contributed by atoms with Crippen molar-refractivity contribution in [3.8, 4) is 0 Å². The second kappa shape index (κ2) is 2.48. The van der Waals surface area contributed by atoms with Crippen molar-refractivity contribution in [3.63, 3.8) is 0 Å². The van der Waals surface area contributed by atoms with E-state index < -0.39 is 0 Å². The molecule has 0 bridgehead atoms. The Labute approximate surface area is 69.8 Å². The normalized spacial score (nSPS) is 10.4. The summed E-state index contributed by atoms with van der Waals surface area (Å²) in [6.07, 6.45) is 0.745. The highest BCUT2D eigenvalue weighted by atomic mass is 16.3. The molecule has 1 aromatic carbocycles. The van der Waals surface area contributed by atoms with Crippen LogP contribution in [0.15, 0.2) is 28.7 Å². The van der Waals surface area contributed by atoms with Crippen LogP contribution in [0.5, 0.6) is 0 Å². The fraction of sp³-hybridized carbons (Fsp3) is 0.100. The number of aryl methyl sites for hydroxylation is 1. The van der Waals surface area contributed by atoms with Crippen LogP contribution >= 0.6 is 0 Å². The molecule has 2 aromatic rings. The van der Waals surface area contributed by atoms with Gasteiger partial charge in [-0.1, -0.05) is 18.2 Å². The van der Waals surface area contributed by atoms with Gasteiger partial charge in [-0.15, -0.1) is 0 Å². The van der Waals surface area contributed by atoms with Crippen molar-refractivity contribution < 1.29 is 9.21 Å². The molecule has 0 radical (unpaired) electrons. The average molecular weight is 160 g/mol. The molecule has 2 nitrogen and oxygen atoms in total. The van der Waals surface area contributed by atoms with E-state index in [-0.39, 0.29) is 0 Å². The summed E-state index contributed by atoms with van der Waals surface area (Å²) in [6.45, 7) is 1.88. The summed E-state index contributed by atoms with van der Waals surface area (Å²) >= 11 is 0. The Hall–Kier alpha value is -1.57. The summed E-state index contributed by atoms with van der Waals surface area (Å²) in [6, 6.07) is 7.62. The molecule has 0 spiro atoms. The maximum atomic E-state index is 10.5. The Kier molecular flexibility index (Phi) is 1.47. The SMILES string of the molecule is Cc1c(C=O)oc2ccccc12. The third kappa shape index (κ3) is 0.848. The minimum atomic E-state index is 0.427. The summed E-state index contributed by atoms with van der Waals surface area (Å²) < 4.78 is 5.28. The smallest absolute Gasteiger partial charge is 0.185 e. The number of fused-ring (bicyclic) bond motifs is 1. The summed E-state index contributed by atoms with van der Waals surface area (Å²) in [5, 5.41) is 1.01. The maximum Gasteiger partial charge on any atom is 0.185 e. The number of aldehydes is 1. The third-order valence-corrected chi connectivity index (χ3v) is 1.99. The molecular formula is C10H8O2. The molecule has 0 N–H and O–H groups in total. The van der Waals surface area contributed by atoms with Gasteiger partial charge in [0.25, 0.3) is 0 Å². The van der Waals surface area contributed by atoms with Crippen LogP contribution in [0, 0.1) is 6.92 Å². The minimum Gasteiger partial charge on any atom is -0.453 e. The lowest BCUT2D eigenvalue weighted by Gasteiger charge is -1.85. The van der Waals surface area contributed by atoms with Gasteiger partial charge in [0, 0.05) is 10.9 Å². The fourth-order valence-electron chi connectivity index (χ4n) is 1.31. The largest absolute Gasteiger partial charge is 0.453 e. The Morgan fingerprint density at radius 2 is 2.08 bits per heavy atom. The zero-order chi connectivity index (χ0) is 8.55. The number of rotatable bonds is 1. The van der Waals surface area contributed by atoms with Gasteiger partial charge in [-0.3, -0.25) is 4.79 Å². The van der Waals surface area contributed by atoms with Crippen molar-refractivity contribution in [2.24, 2.45) is 0 Å².